The lowest BCUT2D eigenvalue weighted by atomic mass is 9.95. The number of nitrogens with one attached hydrogen (secondary N) is 3. The Morgan fingerprint density at radius 2 is 1.75 bits per heavy atom. The topological polar surface area (TPSA) is 90.5 Å². The zero-order chi connectivity index (χ0) is 20.5. The summed E-state index contributed by atoms with van der Waals surface area (Å²) in [5.41, 5.74) is 1.68. The highest BCUT2D eigenvalue weighted by molar-refractivity contribution is 5.89. The van der Waals surface area contributed by atoms with Crippen LogP contribution >= 0.6 is 0 Å². The number of rotatable bonds is 7. The summed E-state index contributed by atoms with van der Waals surface area (Å²) in [6.45, 7) is 7.58. The van der Waals surface area contributed by atoms with Crippen LogP contribution in [0.25, 0.3) is 0 Å². The number of hydrogen-bond acceptors (Lipinski definition) is 3. The van der Waals surface area contributed by atoms with Crippen LogP contribution in [0.1, 0.15) is 52.0 Å². The van der Waals surface area contributed by atoms with Crippen LogP contribution < -0.4 is 16.0 Å². The first-order valence-corrected chi connectivity index (χ1v) is 10.1. The second kappa shape index (κ2) is 10.7. The van der Waals surface area contributed by atoms with E-state index in [2.05, 4.69) is 16.0 Å². The molecule has 1 aromatic rings. The van der Waals surface area contributed by atoms with Gasteiger partial charge in [0.05, 0.1) is 0 Å². The normalized spacial score (nSPS) is 14.6. The highest BCUT2D eigenvalue weighted by Gasteiger charge is 2.26. The van der Waals surface area contributed by atoms with Crippen LogP contribution in [0, 0.1) is 5.92 Å². The molecule has 2 rings (SSSR count). The molecule has 154 valence electrons. The van der Waals surface area contributed by atoms with Crippen molar-refractivity contribution in [3.05, 3.63) is 29.8 Å². The number of urea groups is 1. The third-order valence-corrected chi connectivity index (χ3v) is 4.78. The first-order chi connectivity index (χ1) is 13.4. The maximum Gasteiger partial charge on any atom is 0.319 e. The van der Waals surface area contributed by atoms with Crippen molar-refractivity contribution >= 4 is 23.5 Å². The van der Waals surface area contributed by atoms with Gasteiger partial charge in [-0.05, 0) is 50.8 Å². The van der Waals surface area contributed by atoms with Gasteiger partial charge in [-0.1, -0.05) is 19.1 Å². The molecule has 1 fully saturated rings. The second-order valence-electron chi connectivity index (χ2n) is 7.57. The monoisotopic (exact) mass is 388 g/mol. The second-order valence-corrected chi connectivity index (χ2v) is 7.57. The fourth-order valence-corrected chi connectivity index (χ4v) is 3.23. The summed E-state index contributed by atoms with van der Waals surface area (Å²) in [6.07, 6.45) is 2.88. The molecule has 0 aliphatic carbocycles. The molecule has 28 heavy (non-hydrogen) atoms. The van der Waals surface area contributed by atoms with Crippen LogP contribution in [0.5, 0.6) is 0 Å². The van der Waals surface area contributed by atoms with E-state index in [0.717, 1.165) is 24.8 Å². The fraction of sp³-hybridized carbons (Fsp3) is 0.571. The number of likely N-dealkylation sites (tertiary alicyclic amines) is 1. The molecule has 1 aliphatic rings. The smallest absolute Gasteiger partial charge is 0.319 e. The van der Waals surface area contributed by atoms with E-state index in [1.165, 1.54) is 0 Å². The number of benzene rings is 1. The summed E-state index contributed by atoms with van der Waals surface area (Å²) in [6, 6.07) is 7.25. The van der Waals surface area contributed by atoms with E-state index in [1.54, 1.807) is 0 Å². The molecule has 1 aliphatic heterocycles. The molecule has 0 radical (unpaired) electrons. The molecule has 3 N–H and O–H groups in total. The number of anilines is 1. The quantitative estimate of drug-likeness (QED) is 0.671. The van der Waals surface area contributed by atoms with Crippen LogP contribution in [-0.4, -0.2) is 41.9 Å². The third kappa shape index (κ3) is 6.87. The number of piperidine rings is 1. The van der Waals surface area contributed by atoms with Gasteiger partial charge in [0.1, 0.15) is 0 Å². The summed E-state index contributed by atoms with van der Waals surface area (Å²) < 4.78 is 0. The lowest BCUT2D eigenvalue weighted by Gasteiger charge is -2.31. The highest BCUT2D eigenvalue weighted by atomic mass is 16.2. The predicted octanol–water partition coefficient (Wildman–Crippen LogP) is 2.87. The first-order valence-electron chi connectivity index (χ1n) is 10.1. The predicted molar refractivity (Wildman–Crippen MR) is 110 cm³/mol. The molecule has 0 aromatic heterocycles. The Labute approximate surface area is 167 Å². The van der Waals surface area contributed by atoms with Crippen LogP contribution in [0.15, 0.2) is 24.3 Å². The van der Waals surface area contributed by atoms with Gasteiger partial charge < -0.3 is 20.9 Å². The van der Waals surface area contributed by atoms with Crippen molar-refractivity contribution in [2.45, 2.75) is 59.0 Å². The zero-order valence-corrected chi connectivity index (χ0v) is 17.1. The molecule has 0 atom stereocenters. The first kappa shape index (κ1) is 21.7. The molecule has 4 amide bonds. The summed E-state index contributed by atoms with van der Waals surface area (Å²) in [4.78, 5) is 37.9. The van der Waals surface area contributed by atoms with Crippen molar-refractivity contribution < 1.29 is 14.4 Å². The minimum atomic E-state index is -0.236. The standard InChI is InChI=1S/C21H32N4O3/c1-4-5-19(26)25-12-10-17(11-13-25)20(27)22-14-16-6-8-18(9-7-16)24-21(28)23-15(2)3/h6-9,15,17H,4-5,10-14H2,1-3H3,(H,22,27)(H2,23,24,28). The van der Waals surface area contributed by atoms with E-state index in [1.807, 2.05) is 49.9 Å². The lowest BCUT2D eigenvalue weighted by Crippen LogP contribution is -2.42. The van der Waals surface area contributed by atoms with Crippen LogP contribution in [0.4, 0.5) is 10.5 Å². The van der Waals surface area contributed by atoms with E-state index in [0.29, 0.717) is 31.7 Å². The van der Waals surface area contributed by atoms with Gasteiger partial charge in [-0.3, -0.25) is 9.59 Å². The Balaban J connectivity index is 1.74. The molecule has 0 bridgehead atoms. The van der Waals surface area contributed by atoms with Crippen molar-refractivity contribution in [3.63, 3.8) is 0 Å². The van der Waals surface area contributed by atoms with Crippen LogP contribution in [0.2, 0.25) is 0 Å². The fourth-order valence-electron chi connectivity index (χ4n) is 3.23. The number of amides is 4. The summed E-state index contributed by atoms with van der Waals surface area (Å²) in [5.74, 6) is 0.199. The van der Waals surface area contributed by atoms with Crippen molar-refractivity contribution in [3.8, 4) is 0 Å². The number of carbonyl (C=O) groups is 3. The summed E-state index contributed by atoms with van der Waals surface area (Å²) in [5, 5.41) is 8.52. The van der Waals surface area contributed by atoms with E-state index in [4.69, 9.17) is 0 Å². The van der Waals surface area contributed by atoms with Gasteiger partial charge in [0, 0.05) is 43.7 Å². The average molecular weight is 389 g/mol. The molecule has 7 nitrogen and oxygen atoms in total. The molecule has 1 aromatic carbocycles. The van der Waals surface area contributed by atoms with E-state index in [-0.39, 0.29) is 29.8 Å². The Kier molecular flexibility index (Phi) is 8.29. The van der Waals surface area contributed by atoms with Gasteiger partial charge in [0.15, 0.2) is 0 Å². The maximum absolute atomic E-state index is 12.4. The number of hydrogen-bond donors (Lipinski definition) is 3. The Bertz CT molecular complexity index is 665. The van der Waals surface area contributed by atoms with E-state index < -0.39 is 0 Å². The van der Waals surface area contributed by atoms with Crippen molar-refractivity contribution in [2.24, 2.45) is 5.92 Å². The van der Waals surface area contributed by atoms with Gasteiger partial charge >= 0.3 is 6.03 Å². The minimum Gasteiger partial charge on any atom is -0.352 e. The summed E-state index contributed by atoms with van der Waals surface area (Å²) >= 11 is 0. The minimum absolute atomic E-state index is 0.0358. The molecule has 0 spiro atoms. The average Bonchev–Trinajstić information content (AvgIpc) is 2.67. The number of carbonyl (C=O) groups excluding carboxylic acids is 3. The van der Waals surface area contributed by atoms with E-state index in [9.17, 15) is 14.4 Å². The molecule has 1 saturated heterocycles. The van der Waals surface area contributed by atoms with Gasteiger partial charge in [0.2, 0.25) is 11.8 Å². The lowest BCUT2D eigenvalue weighted by molar-refractivity contribution is -0.135. The van der Waals surface area contributed by atoms with Gasteiger partial charge in [-0.25, -0.2) is 4.79 Å². The van der Waals surface area contributed by atoms with Gasteiger partial charge in [-0.15, -0.1) is 0 Å². The van der Waals surface area contributed by atoms with E-state index >= 15 is 0 Å². The SMILES string of the molecule is CCCC(=O)N1CCC(C(=O)NCc2ccc(NC(=O)NC(C)C)cc2)CC1. The third-order valence-electron chi connectivity index (χ3n) is 4.78. The number of nitrogens with zero attached hydrogens (tertiary/aromatic N) is 1. The molecule has 0 unspecified atom stereocenters. The van der Waals surface area contributed by atoms with Gasteiger partial charge in [-0.2, -0.15) is 0 Å². The molecule has 1 heterocycles. The van der Waals surface area contributed by atoms with Gasteiger partial charge in [0.25, 0.3) is 0 Å². The molecule has 0 saturated carbocycles. The Morgan fingerprint density at radius 1 is 1.11 bits per heavy atom. The van der Waals surface area contributed by atoms with Crippen molar-refractivity contribution in [1.82, 2.24) is 15.5 Å². The largest absolute Gasteiger partial charge is 0.352 e. The highest BCUT2D eigenvalue weighted by Crippen LogP contribution is 2.18. The van der Waals surface area contributed by atoms with Crippen molar-refractivity contribution in [2.75, 3.05) is 18.4 Å². The zero-order valence-electron chi connectivity index (χ0n) is 17.1. The molecule has 7 heteroatoms. The molecular weight excluding hydrogens is 356 g/mol. The van der Waals surface area contributed by atoms with Crippen LogP contribution in [-0.2, 0) is 16.1 Å². The Hall–Kier alpha value is -2.57. The Morgan fingerprint density at radius 3 is 2.32 bits per heavy atom. The summed E-state index contributed by atoms with van der Waals surface area (Å²) in [7, 11) is 0. The van der Waals surface area contributed by atoms with Crippen LogP contribution in [0.3, 0.4) is 0 Å². The molecular formula is C21H32N4O3. The maximum atomic E-state index is 12.4. The van der Waals surface area contributed by atoms with Crippen molar-refractivity contribution in [1.29, 1.82) is 0 Å².